The van der Waals surface area contributed by atoms with Crippen LogP contribution in [0.5, 0.6) is 0 Å². The molecular weight excluding hydrogens is 291 g/mol. The van der Waals surface area contributed by atoms with E-state index in [4.69, 9.17) is 0 Å². The standard InChI is InChI=1S/C15H23FN2O2S/c1-13(11-18-8-3-2-4-9-18)17-21(19,20)12-14-6-5-7-15(16)10-14/h5-7,10,13,17H,2-4,8-9,11-12H2,1H3/t13-/m0/s1. The van der Waals surface area contributed by atoms with E-state index in [2.05, 4.69) is 9.62 Å². The van der Waals surface area contributed by atoms with Crippen LogP contribution in [0.25, 0.3) is 0 Å². The van der Waals surface area contributed by atoms with Crippen LogP contribution in [-0.4, -0.2) is 39.0 Å². The molecule has 2 rings (SSSR count). The Morgan fingerprint density at radius 2 is 2.00 bits per heavy atom. The van der Waals surface area contributed by atoms with Crippen molar-refractivity contribution >= 4 is 10.0 Å². The van der Waals surface area contributed by atoms with Crippen molar-refractivity contribution in [1.29, 1.82) is 0 Å². The summed E-state index contributed by atoms with van der Waals surface area (Å²) in [6.07, 6.45) is 3.63. The summed E-state index contributed by atoms with van der Waals surface area (Å²) < 4.78 is 40.0. The number of piperidine rings is 1. The van der Waals surface area contributed by atoms with Crippen molar-refractivity contribution in [2.24, 2.45) is 0 Å². The third-order valence-corrected chi connectivity index (χ3v) is 5.08. The summed E-state index contributed by atoms with van der Waals surface area (Å²) >= 11 is 0. The second kappa shape index (κ2) is 7.33. The summed E-state index contributed by atoms with van der Waals surface area (Å²) in [6, 6.07) is 5.58. The first-order chi connectivity index (χ1) is 9.94. The Morgan fingerprint density at radius 3 is 2.67 bits per heavy atom. The van der Waals surface area contributed by atoms with Crippen LogP contribution in [0.4, 0.5) is 4.39 Å². The van der Waals surface area contributed by atoms with Crippen molar-refractivity contribution in [2.45, 2.75) is 38.0 Å². The monoisotopic (exact) mass is 314 g/mol. The van der Waals surface area contributed by atoms with Crippen LogP contribution in [0.15, 0.2) is 24.3 Å². The minimum atomic E-state index is -3.44. The van der Waals surface area contributed by atoms with Crippen LogP contribution >= 0.6 is 0 Å². The van der Waals surface area contributed by atoms with E-state index in [9.17, 15) is 12.8 Å². The summed E-state index contributed by atoms with van der Waals surface area (Å²) in [5.41, 5.74) is 0.465. The average molecular weight is 314 g/mol. The van der Waals surface area contributed by atoms with E-state index < -0.39 is 15.8 Å². The van der Waals surface area contributed by atoms with Crippen LogP contribution in [-0.2, 0) is 15.8 Å². The number of nitrogens with zero attached hydrogens (tertiary/aromatic N) is 1. The van der Waals surface area contributed by atoms with Gasteiger partial charge < -0.3 is 4.90 Å². The number of hydrogen-bond acceptors (Lipinski definition) is 3. The second-order valence-electron chi connectivity index (χ2n) is 5.77. The van der Waals surface area contributed by atoms with Gasteiger partial charge in [-0.15, -0.1) is 0 Å². The third kappa shape index (κ3) is 5.73. The van der Waals surface area contributed by atoms with Crippen LogP contribution in [0.1, 0.15) is 31.7 Å². The predicted octanol–water partition coefficient (Wildman–Crippen LogP) is 2.12. The van der Waals surface area contributed by atoms with Crippen molar-refractivity contribution in [2.75, 3.05) is 19.6 Å². The number of likely N-dealkylation sites (tertiary alicyclic amines) is 1. The first kappa shape index (κ1) is 16.4. The number of benzene rings is 1. The normalized spacial score (nSPS) is 18.6. The molecule has 1 aliphatic heterocycles. The molecule has 0 aromatic heterocycles. The molecular formula is C15H23FN2O2S. The topological polar surface area (TPSA) is 49.4 Å². The van der Waals surface area contributed by atoms with Crippen molar-refractivity contribution in [3.63, 3.8) is 0 Å². The van der Waals surface area contributed by atoms with Gasteiger partial charge in [-0.05, 0) is 50.6 Å². The van der Waals surface area contributed by atoms with Crippen molar-refractivity contribution in [1.82, 2.24) is 9.62 Å². The van der Waals surface area contributed by atoms with E-state index >= 15 is 0 Å². The minimum Gasteiger partial charge on any atom is -0.302 e. The van der Waals surface area contributed by atoms with Crippen LogP contribution in [0, 0.1) is 5.82 Å². The molecule has 1 aromatic rings. The van der Waals surface area contributed by atoms with Gasteiger partial charge in [-0.1, -0.05) is 18.6 Å². The molecule has 0 aliphatic carbocycles. The highest BCUT2D eigenvalue weighted by molar-refractivity contribution is 7.88. The summed E-state index contributed by atoms with van der Waals surface area (Å²) in [5, 5.41) is 0. The number of halogens is 1. The molecule has 118 valence electrons. The highest BCUT2D eigenvalue weighted by Gasteiger charge is 2.19. The quantitative estimate of drug-likeness (QED) is 0.875. The fourth-order valence-corrected chi connectivity index (χ4v) is 4.15. The molecule has 1 heterocycles. The highest BCUT2D eigenvalue weighted by Crippen LogP contribution is 2.10. The Bertz CT molecular complexity index is 557. The Kier molecular flexibility index (Phi) is 5.72. The van der Waals surface area contributed by atoms with E-state index in [0.29, 0.717) is 5.56 Å². The molecule has 4 nitrogen and oxygen atoms in total. The zero-order chi connectivity index (χ0) is 15.3. The van der Waals surface area contributed by atoms with Gasteiger partial charge in [-0.3, -0.25) is 0 Å². The molecule has 0 amide bonds. The van der Waals surface area contributed by atoms with Crippen LogP contribution in [0.2, 0.25) is 0 Å². The van der Waals surface area contributed by atoms with Gasteiger partial charge >= 0.3 is 0 Å². The Labute approximate surface area is 126 Å². The SMILES string of the molecule is C[C@@H](CN1CCCCC1)NS(=O)(=O)Cc1cccc(F)c1. The Balaban J connectivity index is 1.87. The Hall–Kier alpha value is -0.980. The lowest BCUT2D eigenvalue weighted by atomic mass is 10.1. The molecule has 1 aromatic carbocycles. The maximum atomic E-state index is 13.1. The molecule has 21 heavy (non-hydrogen) atoms. The van der Waals surface area contributed by atoms with E-state index in [1.165, 1.54) is 37.5 Å². The lowest BCUT2D eigenvalue weighted by Gasteiger charge is -2.29. The maximum absolute atomic E-state index is 13.1. The molecule has 1 fully saturated rings. The number of nitrogens with one attached hydrogen (secondary N) is 1. The predicted molar refractivity (Wildman–Crippen MR) is 81.9 cm³/mol. The first-order valence-electron chi connectivity index (χ1n) is 7.41. The molecule has 1 saturated heterocycles. The molecule has 1 atom stereocenters. The summed E-state index contributed by atoms with van der Waals surface area (Å²) in [7, 11) is -3.44. The highest BCUT2D eigenvalue weighted by atomic mass is 32.2. The van der Waals surface area contributed by atoms with Gasteiger partial charge in [0.25, 0.3) is 0 Å². The molecule has 0 saturated carbocycles. The maximum Gasteiger partial charge on any atom is 0.216 e. The van der Waals surface area contributed by atoms with E-state index in [0.717, 1.165) is 19.6 Å². The number of hydrogen-bond donors (Lipinski definition) is 1. The fraction of sp³-hybridized carbons (Fsp3) is 0.600. The average Bonchev–Trinajstić information content (AvgIpc) is 2.38. The van der Waals surface area contributed by atoms with Gasteiger partial charge in [0.15, 0.2) is 0 Å². The van der Waals surface area contributed by atoms with Gasteiger partial charge in [0.2, 0.25) is 10.0 Å². The Morgan fingerprint density at radius 1 is 1.29 bits per heavy atom. The molecule has 0 spiro atoms. The summed E-state index contributed by atoms with van der Waals surface area (Å²) in [4.78, 5) is 2.29. The zero-order valence-electron chi connectivity index (χ0n) is 12.4. The zero-order valence-corrected chi connectivity index (χ0v) is 13.2. The summed E-state index contributed by atoms with van der Waals surface area (Å²) in [5.74, 6) is -0.598. The summed E-state index contributed by atoms with van der Waals surface area (Å²) in [6.45, 7) is 4.67. The van der Waals surface area contributed by atoms with E-state index in [-0.39, 0.29) is 11.8 Å². The fourth-order valence-electron chi connectivity index (χ4n) is 2.76. The largest absolute Gasteiger partial charge is 0.302 e. The number of sulfonamides is 1. The molecule has 0 bridgehead atoms. The smallest absolute Gasteiger partial charge is 0.216 e. The van der Waals surface area contributed by atoms with Crippen molar-refractivity contribution < 1.29 is 12.8 Å². The van der Waals surface area contributed by atoms with Gasteiger partial charge in [0.05, 0.1) is 5.75 Å². The van der Waals surface area contributed by atoms with Gasteiger partial charge in [0, 0.05) is 12.6 Å². The molecule has 1 N–H and O–H groups in total. The lowest BCUT2D eigenvalue weighted by Crippen LogP contribution is -2.43. The van der Waals surface area contributed by atoms with Crippen molar-refractivity contribution in [3.8, 4) is 0 Å². The number of rotatable bonds is 6. The van der Waals surface area contributed by atoms with Crippen LogP contribution < -0.4 is 4.72 Å². The molecule has 1 aliphatic rings. The van der Waals surface area contributed by atoms with Gasteiger partial charge in [-0.2, -0.15) is 0 Å². The van der Waals surface area contributed by atoms with Crippen LogP contribution in [0.3, 0.4) is 0 Å². The third-order valence-electron chi connectivity index (χ3n) is 3.61. The minimum absolute atomic E-state index is 0.137. The molecule has 0 radical (unpaired) electrons. The molecule has 0 unspecified atom stereocenters. The van der Waals surface area contributed by atoms with Gasteiger partial charge in [0.1, 0.15) is 5.82 Å². The van der Waals surface area contributed by atoms with Gasteiger partial charge in [-0.25, -0.2) is 17.5 Å². The molecule has 6 heteroatoms. The first-order valence-corrected chi connectivity index (χ1v) is 9.07. The van der Waals surface area contributed by atoms with E-state index in [1.54, 1.807) is 6.07 Å². The second-order valence-corrected chi connectivity index (χ2v) is 7.52. The van der Waals surface area contributed by atoms with Crippen molar-refractivity contribution in [3.05, 3.63) is 35.6 Å². The lowest BCUT2D eigenvalue weighted by molar-refractivity contribution is 0.215. The van der Waals surface area contributed by atoms with E-state index in [1.807, 2.05) is 6.92 Å².